The Labute approximate surface area is 147 Å². The highest BCUT2D eigenvalue weighted by Gasteiger charge is 2.24. The fourth-order valence-corrected chi connectivity index (χ4v) is 2.13. The van der Waals surface area contributed by atoms with Crippen LogP contribution in [0.1, 0.15) is 17.3 Å². The van der Waals surface area contributed by atoms with Gasteiger partial charge in [-0.05, 0) is 30.3 Å². The molecule has 2 aromatic rings. The monoisotopic (exact) mass is 358 g/mol. The highest BCUT2D eigenvalue weighted by Crippen LogP contribution is 2.26. The average molecular weight is 358 g/mol. The van der Waals surface area contributed by atoms with Crippen molar-refractivity contribution in [1.82, 2.24) is 0 Å². The van der Waals surface area contributed by atoms with Crippen LogP contribution in [0, 0.1) is 20.2 Å². The molecule has 0 aliphatic heterocycles. The quantitative estimate of drug-likeness (QED) is 0.644. The first kappa shape index (κ1) is 18.5. The van der Waals surface area contributed by atoms with Crippen molar-refractivity contribution in [2.45, 2.75) is 6.92 Å². The summed E-state index contributed by atoms with van der Waals surface area (Å²) in [5.41, 5.74) is -0.486. The lowest BCUT2D eigenvalue weighted by Crippen LogP contribution is -2.22. The number of non-ortho nitro benzene ring substituents is 1. The summed E-state index contributed by atoms with van der Waals surface area (Å²) in [6.07, 6.45) is 0. The molecule has 0 atom stereocenters. The lowest BCUT2D eigenvalue weighted by Gasteiger charge is -2.15. The third-order valence-electron chi connectivity index (χ3n) is 3.62. The van der Waals surface area contributed by atoms with Crippen molar-refractivity contribution in [3.8, 4) is 0 Å². The fourth-order valence-electron chi connectivity index (χ4n) is 2.13. The van der Waals surface area contributed by atoms with E-state index in [0.717, 1.165) is 18.2 Å². The zero-order valence-corrected chi connectivity index (χ0v) is 13.8. The Kier molecular flexibility index (Phi) is 5.26. The summed E-state index contributed by atoms with van der Waals surface area (Å²) in [5.74, 6) is -0.942. The van der Waals surface area contributed by atoms with Gasteiger partial charge >= 0.3 is 0 Å². The van der Waals surface area contributed by atoms with Crippen molar-refractivity contribution >= 4 is 34.6 Å². The summed E-state index contributed by atoms with van der Waals surface area (Å²) < 4.78 is 0. The smallest absolute Gasteiger partial charge is 0.289 e. The van der Waals surface area contributed by atoms with E-state index >= 15 is 0 Å². The van der Waals surface area contributed by atoms with Crippen LogP contribution >= 0.6 is 0 Å². The van der Waals surface area contributed by atoms with Gasteiger partial charge in [0.25, 0.3) is 17.3 Å². The first-order valence-corrected chi connectivity index (χ1v) is 7.29. The molecule has 26 heavy (non-hydrogen) atoms. The predicted molar refractivity (Wildman–Crippen MR) is 93.2 cm³/mol. The third-order valence-corrected chi connectivity index (χ3v) is 3.62. The van der Waals surface area contributed by atoms with E-state index in [-0.39, 0.29) is 11.5 Å². The Bertz CT molecular complexity index is 894. The van der Waals surface area contributed by atoms with Gasteiger partial charge < -0.3 is 10.2 Å². The van der Waals surface area contributed by atoms with E-state index in [2.05, 4.69) is 5.32 Å². The lowest BCUT2D eigenvalue weighted by molar-refractivity contribution is -0.394. The second kappa shape index (κ2) is 7.38. The van der Waals surface area contributed by atoms with Gasteiger partial charge in [-0.3, -0.25) is 29.8 Å². The second-order valence-corrected chi connectivity index (χ2v) is 5.29. The van der Waals surface area contributed by atoms with E-state index in [1.165, 1.54) is 24.0 Å². The van der Waals surface area contributed by atoms with Crippen LogP contribution in [0.5, 0.6) is 0 Å². The molecule has 2 amide bonds. The van der Waals surface area contributed by atoms with E-state index < -0.39 is 27.1 Å². The summed E-state index contributed by atoms with van der Waals surface area (Å²) in [6, 6.07) is 9.05. The molecule has 134 valence electrons. The molecule has 10 heteroatoms. The van der Waals surface area contributed by atoms with Crippen LogP contribution in [0.25, 0.3) is 0 Å². The Morgan fingerprint density at radius 2 is 1.62 bits per heavy atom. The Hall–Kier alpha value is -3.82. The maximum absolute atomic E-state index is 12.3. The number of hydrogen-bond acceptors (Lipinski definition) is 6. The maximum Gasteiger partial charge on any atom is 0.289 e. The van der Waals surface area contributed by atoms with Gasteiger partial charge in [0.1, 0.15) is 5.56 Å². The number of carbonyl (C=O) groups excluding carboxylic acids is 2. The molecule has 1 N–H and O–H groups in total. The zero-order valence-electron chi connectivity index (χ0n) is 13.8. The number of hydrogen-bond donors (Lipinski definition) is 1. The van der Waals surface area contributed by atoms with Gasteiger partial charge in [0.05, 0.1) is 15.9 Å². The molecule has 0 spiro atoms. The van der Waals surface area contributed by atoms with Gasteiger partial charge in [-0.2, -0.15) is 0 Å². The standard InChI is InChI=1S/C16H14N4O6/c1-10(21)18(2)12-5-3-11(4-6-12)17-16(22)14-8-7-13(19(23)24)9-15(14)20(25)26/h3-9H,1-2H3,(H,17,22). The number of nitro benzene ring substituents is 2. The molecule has 0 aromatic heterocycles. The van der Waals surface area contributed by atoms with Gasteiger partial charge in [-0.25, -0.2) is 0 Å². The summed E-state index contributed by atoms with van der Waals surface area (Å²) in [5, 5.41) is 24.3. The highest BCUT2D eigenvalue weighted by atomic mass is 16.6. The molecule has 0 saturated carbocycles. The summed E-state index contributed by atoms with van der Waals surface area (Å²) in [6.45, 7) is 1.41. The highest BCUT2D eigenvalue weighted by molar-refractivity contribution is 6.07. The van der Waals surface area contributed by atoms with Crippen molar-refractivity contribution in [3.05, 3.63) is 68.3 Å². The van der Waals surface area contributed by atoms with Crippen molar-refractivity contribution in [2.24, 2.45) is 0 Å². The van der Waals surface area contributed by atoms with Gasteiger partial charge in [0.15, 0.2) is 0 Å². The molecule has 2 rings (SSSR count). The fraction of sp³-hybridized carbons (Fsp3) is 0.125. The minimum Gasteiger partial charge on any atom is -0.322 e. The van der Waals surface area contributed by atoms with Crippen molar-refractivity contribution < 1.29 is 19.4 Å². The largest absolute Gasteiger partial charge is 0.322 e. The summed E-state index contributed by atoms with van der Waals surface area (Å²) in [4.78, 5) is 45.2. The third kappa shape index (κ3) is 3.98. The van der Waals surface area contributed by atoms with Crippen molar-refractivity contribution in [3.63, 3.8) is 0 Å². The normalized spacial score (nSPS) is 10.1. The van der Waals surface area contributed by atoms with Crippen molar-refractivity contribution in [2.75, 3.05) is 17.3 Å². The van der Waals surface area contributed by atoms with E-state index in [1.807, 2.05) is 0 Å². The van der Waals surface area contributed by atoms with E-state index in [1.54, 1.807) is 19.2 Å². The molecule has 0 fully saturated rings. The van der Waals surface area contributed by atoms with Crippen LogP contribution in [-0.2, 0) is 4.79 Å². The second-order valence-electron chi connectivity index (χ2n) is 5.29. The SMILES string of the molecule is CC(=O)N(C)c1ccc(NC(=O)c2ccc([N+](=O)[O-])cc2[N+](=O)[O-])cc1. The molecule has 0 bridgehead atoms. The molecule has 0 radical (unpaired) electrons. The number of nitrogens with one attached hydrogen (secondary N) is 1. The van der Waals surface area contributed by atoms with Gasteiger partial charge in [-0.1, -0.05) is 0 Å². The van der Waals surface area contributed by atoms with Crippen LogP contribution in [0.15, 0.2) is 42.5 Å². The molecule has 0 aliphatic carbocycles. The molecule has 0 aliphatic rings. The topological polar surface area (TPSA) is 136 Å². The molecule has 0 unspecified atom stereocenters. The molecule has 2 aromatic carbocycles. The van der Waals surface area contributed by atoms with Gasteiger partial charge in [0, 0.05) is 31.4 Å². The number of rotatable bonds is 5. The zero-order chi connectivity index (χ0) is 19.4. The van der Waals surface area contributed by atoms with Crippen LogP contribution < -0.4 is 10.2 Å². The molecule has 0 saturated heterocycles. The number of amides is 2. The summed E-state index contributed by atoms with van der Waals surface area (Å²) >= 11 is 0. The maximum atomic E-state index is 12.3. The minimum atomic E-state index is -0.854. The number of anilines is 2. The Morgan fingerprint density at radius 3 is 2.12 bits per heavy atom. The Morgan fingerprint density at radius 1 is 1.00 bits per heavy atom. The minimum absolute atomic E-state index is 0.164. The number of benzene rings is 2. The van der Waals surface area contributed by atoms with E-state index in [9.17, 15) is 29.8 Å². The van der Waals surface area contributed by atoms with Gasteiger partial charge in [-0.15, -0.1) is 0 Å². The van der Waals surface area contributed by atoms with E-state index in [4.69, 9.17) is 0 Å². The first-order valence-electron chi connectivity index (χ1n) is 7.29. The van der Waals surface area contributed by atoms with Crippen LogP contribution in [0.2, 0.25) is 0 Å². The van der Waals surface area contributed by atoms with Crippen LogP contribution in [-0.4, -0.2) is 28.7 Å². The predicted octanol–water partition coefficient (Wildman–Crippen LogP) is 2.74. The number of nitro groups is 2. The van der Waals surface area contributed by atoms with Crippen molar-refractivity contribution in [1.29, 1.82) is 0 Å². The van der Waals surface area contributed by atoms with Gasteiger partial charge in [0.2, 0.25) is 5.91 Å². The molecule has 10 nitrogen and oxygen atoms in total. The number of carbonyl (C=O) groups is 2. The summed E-state index contributed by atoms with van der Waals surface area (Å²) in [7, 11) is 1.59. The molecular formula is C16H14N4O6. The van der Waals surface area contributed by atoms with Crippen LogP contribution in [0.3, 0.4) is 0 Å². The Balaban J connectivity index is 2.26. The van der Waals surface area contributed by atoms with E-state index in [0.29, 0.717) is 11.4 Å². The van der Waals surface area contributed by atoms with Crippen LogP contribution in [0.4, 0.5) is 22.7 Å². The lowest BCUT2D eigenvalue weighted by atomic mass is 10.1. The first-order chi connectivity index (χ1) is 12.2. The number of nitrogens with zero attached hydrogens (tertiary/aromatic N) is 3. The average Bonchev–Trinajstić information content (AvgIpc) is 2.60. The molecular weight excluding hydrogens is 344 g/mol. The molecule has 0 heterocycles.